The number of nitrogens with one attached hydrogen (secondary N) is 1. The molecule has 0 spiro atoms. The van der Waals surface area contributed by atoms with Gasteiger partial charge in [0.25, 0.3) is 0 Å². The minimum atomic E-state index is -0.984. The molecule has 0 saturated heterocycles. The standard InChI is InChI=1S/C15H21N3O4/c1-10(16)15(21)18-12(14(17)20)7-8-13(19)22-9-11-5-3-2-4-6-11/h2-6,10,12H,7-9,16H2,1H3,(H2,17,20)(H,18,21)/t10-,12-/m0/s1/i/hD. The molecule has 0 aliphatic carbocycles. The summed E-state index contributed by atoms with van der Waals surface area (Å²) in [7, 11) is 0. The van der Waals surface area contributed by atoms with Gasteiger partial charge < -0.3 is 21.5 Å². The maximum atomic E-state index is 11.7. The molecule has 1 aromatic carbocycles. The van der Waals surface area contributed by atoms with Crippen LogP contribution in [0.15, 0.2) is 30.3 Å². The highest BCUT2D eigenvalue weighted by Gasteiger charge is 2.21. The summed E-state index contributed by atoms with van der Waals surface area (Å²) in [5, 5.41) is 2.39. The molecule has 0 fully saturated rings. The second-order valence-corrected chi connectivity index (χ2v) is 4.87. The fourth-order valence-corrected chi connectivity index (χ4v) is 1.65. The summed E-state index contributed by atoms with van der Waals surface area (Å²) in [6.45, 7) is 1.61. The molecule has 0 bridgehead atoms. The van der Waals surface area contributed by atoms with Gasteiger partial charge >= 0.3 is 5.97 Å². The summed E-state index contributed by atoms with van der Waals surface area (Å²) < 4.78 is 12.0. The van der Waals surface area contributed by atoms with Crippen molar-refractivity contribution < 1.29 is 20.5 Å². The molecule has 0 unspecified atom stereocenters. The minimum Gasteiger partial charge on any atom is -0.461 e. The van der Waals surface area contributed by atoms with Crippen LogP contribution in [0.2, 0.25) is 1.41 Å². The van der Waals surface area contributed by atoms with Crippen molar-refractivity contribution in [2.24, 2.45) is 11.5 Å². The Morgan fingerprint density at radius 2 is 2.00 bits per heavy atom. The number of benzene rings is 1. The van der Waals surface area contributed by atoms with Crippen LogP contribution in [-0.4, -0.2) is 29.9 Å². The van der Waals surface area contributed by atoms with Crippen molar-refractivity contribution in [3.8, 4) is 0 Å². The Kier molecular flexibility index (Phi) is 6.38. The van der Waals surface area contributed by atoms with Gasteiger partial charge in [-0.25, -0.2) is 0 Å². The van der Waals surface area contributed by atoms with Crippen LogP contribution in [0.4, 0.5) is 0 Å². The highest BCUT2D eigenvalue weighted by molar-refractivity contribution is 5.89. The Labute approximate surface area is 130 Å². The predicted molar refractivity (Wildman–Crippen MR) is 80.2 cm³/mol. The molecule has 1 aromatic rings. The first kappa shape index (κ1) is 16.0. The number of amides is 2. The molecule has 2 atom stereocenters. The zero-order valence-electron chi connectivity index (χ0n) is 13.4. The number of ether oxygens (including phenoxy) is 1. The Balaban J connectivity index is 2.41. The molecular formula is C15H21N3O4. The molecule has 2 amide bonds. The van der Waals surface area contributed by atoms with E-state index in [4.69, 9.17) is 11.9 Å². The first-order valence-corrected chi connectivity index (χ1v) is 6.90. The second kappa shape index (κ2) is 8.78. The van der Waals surface area contributed by atoms with Gasteiger partial charge in [0.2, 0.25) is 11.8 Å². The number of hydrogen-bond donors (Lipinski definition) is 3. The first-order chi connectivity index (χ1) is 10.9. The number of hydrogen-bond acceptors (Lipinski definition) is 5. The van der Waals surface area contributed by atoms with Crippen LogP contribution in [0.25, 0.3) is 0 Å². The summed E-state index contributed by atoms with van der Waals surface area (Å²) in [5.41, 5.74) is 8.07. The van der Waals surface area contributed by atoms with Gasteiger partial charge in [-0.15, -0.1) is 0 Å². The van der Waals surface area contributed by atoms with Crippen molar-refractivity contribution in [2.45, 2.75) is 38.5 Å². The van der Waals surface area contributed by atoms with Gasteiger partial charge in [-0.1, -0.05) is 30.3 Å². The zero-order valence-corrected chi connectivity index (χ0v) is 12.4. The number of carbonyl (C=O) groups is 3. The van der Waals surface area contributed by atoms with Crippen molar-refractivity contribution >= 4 is 17.8 Å². The summed E-state index contributed by atoms with van der Waals surface area (Å²) >= 11 is 0. The predicted octanol–water partition coefficient (Wildman–Crippen LogP) is -0.173. The van der Waals surface area contributed by atoms with Crippen molar-refractivity contribution in [1.82, 2.24) is 5.32 Å². The molecule has 7 heteroatoms. The van der Waals surface area contributed by atoms with E-state index in [-0.39, 0.29) is 19.4 Å². The van der Waals surface area contributed by atoms with E-state index in [9.17, 15) is 14.4 Å². The van der Waals surface area contributed by atoms with Crippen LogP contribution >= 0.6 is 0 Å². The topological polar surface area (TPSA) is 125 Å². The van der Waals surface area contributed by atoms with Crippen LogP contribution in [-0.2, 0) is 25.7 Å². The van der Waals surface area contributed by atoms with E-state index >= 15 is 0 Å². The third-order valence-electron chi connectivity index (χ3n) is 2.93. The summed E-state index contributed by atoms with van der Waals surface area (Å²) in [6.07, 6.45) is -0.0111. The fraction of sp³-hybridized carbons (Fsp3) is 0.400. The molecule has 0 radical (unpaired) electrons. The fourth-order valence-electron chi connectivity index (χ4n) is 1.65. The molecule has 120 valence electrons. The SMILES string of the molecule is [2H]N[C@@H](C)C(=O)N[C@@H](CCC(=O)OCc1ccccc1)C(N)=O. The first-order valence-electron chi connectivity index (χ1n) is 7.40. The van der Waals surface area contributed by atoms with Gasteiger partial charge in [0, 0.05) is 6.42 Å². The molecule has 22 heavy (non-hydrogen) atoms. The molecule has 1 rings (SSSR count). The molecule has 0 heterocycles. The van der Waals surface area contributed by atoms with Crippen LogP contribution in [0.5, 0.6) is 0 Å². The highest BCUT2D eigenvalue weighted by atomic mass is 16.5. The average molecular weight is 308 g/mol. The number of nitrogens with two attached hydrogens (primary N) is 2. The molecule has 0 saturated carbocycles. The van der Waals surface area contributed by atoms with Crippen molar-refractivity contribution in [1.29, 1.82) is 0 Å². The quantitative estimate of drug-likeness (QED) is 0.546. The maximum absolute atomic E-state index is 11.7. The molecule has 5 N–H and O–H groups in total. The summed E-state index contributed by atoms with van der Waals surface area (Å²) in [5.74, 6) is -1.77. The van der Waals surface area contributed by atoms with E-state index in [1.165, 1.54) is 6.92 Å². The van der Waals surface area contributed by atoms with Crippen molar-refractivity contribution in [2.75, 3.05) is 0 Å². The van der Waals surface area contributed by atoms with E-state index in [0.29, 0.717) is 0 Å². The van der Waals surface area contributed by atoms with Gasteiger partial charge in [-0.2, -0.15) is 0 Å². The zero-order chi connectivity index (χ0) is 17.2. The van der Waals surface area contributed by atoms with Crippen LogP contribution < -0.4 is 16.8 Å². The minimum absolute atomic E-state index is 0.0411. The third-order valence-corrected chi connectivity index (χ3v) is 2.93. The molecule has 0 aromatic heterocycles. The number of primary amides is 1. The molecule has 0 aliphatic heterocycles. The van der Waals surface area contributed by atoms with Gasteiger partial charge in [0.05, 0.1) is 6.04 Å². The van der Waals surface area contributed by atoms with E-state index in [0.717, 1.165) is 5.56 Å². The van der Waals surface area contributed by atoms with Gasteiger partial charge in [0.1, 0.15) is 14.1 Å². The molecule has 7 nitrogen and oxygen atoms in total. The monoisotopic (exact) mass is 308 g/mol. The van der Waals surface area contributed by atoms with E-state index < -0.39 is 29.9 Å². The largest absolute Gasteiger partial charge is 0.461 e. The van der Waals surface area contributed by atoms with Crippen LogP contribution in [0.3, 0.4) is 0 Å². The van der Waals surface area contributed by atoms with E-state index in [2.05, 4.69) is 5.32 Å². The highest BCUT2D eigenvalue weighted by Crippen LogP contribution is 2.04. The third kappa shape index (κ3) is 6.36. The Bertz CT molecular complexity index is 539. The van der Waals surface area contributed by atoms with Crippen LogP contribution in [0.1, 0.15) is 25.3 Å². The average Bonchev–Trinajstić information content (AvgIpc) is 2.56. The lowest BCUT2D eigenvalue weighted by molar-refractivity contribution is -0.145. The normalized spacial score (nSPS) is 13.6. The number of carbonyl (C=O) groups excluding carboxylic acids is 3. The number of esters is 1. The van der Waals surface area contributed by atoms with Gasteiger partial charge in [-0.3, -0.25) is 14.4 Å². The lowest BCUT2D eigenvalue weighted by Gasteiger charge is -2.16. The van der Waals surface area contributed by atoms with Crippen molar-refractivity contribution in [3.05, 3.63) is 35.9 Å². The summed E-state index contributed by atoms with van der Waals surface area (Å²) in [4.78, 5) is 34.6. The van der Waals surface area contributed by atoms with Gasteiger partial charge in [-0.05, 0) is 18.9 Å². The lowest BCUT2D eigenvalue weighted by atomic mass is 10.1. The Morgan fingerprint density at radius 3 is 2.59 bits per heavy atom. The second-order valence-electron chi connectivity index (χ2n) is 4.87. The molecular weight excluding hydrogens is 286 g/mol. The maximum Gasteiger partial charge on any atom is 0.306 e. The smallest absolute Gasteiger partial charge is 0.306 e. The Hall–Kier alpha value is -2.41. The van der Waals surface area contributed by atoms with Crippen LogP contribution in [0, 0.1) is 0 Å². The Morgan fingerprint density at radius 1 is 1.32 bits per heavy atom. The lowest BCUT2D eigenvalue weighted by Crippen LogP contribution is -2.49. The summed E-state index contributed by atoms with van der Waals surface area (Å²) in [6, 6.07) is 7.42. The van der Waals surface area contributed by atoms with Gasteiger partial charge in [0.15, 0.2) is 0 Å². The number of rotatable bonds is 9. The van der Waals surface area contributed by atoms with E-state index in [1.807, 2.05) is 36.1 Å². The van der Waals surface area contributed by atoms with Crippen molar-refractivity contribution in [3.63, 3.8) is 0 Å². The molecule has 0 aliphatic rings. The van der Waals surface area contributed by atoms with E-state index in [1.54, 1.807) is 0 Å².